The van der Waals surface area contributed by atoms with Crippen molar-refractivity contribution >= 4 is 25.2 Å². The Balaban J connectivity index is 2.56. The molecule has 0 amide bonds. The Morgan fingerprint density at radius 2 is 2.00 bits per heavy atom. The number of hydrogen-bond donors (Lipinski definition) is 3. The van der Waals surface area contributed by atoms with E-state index in [0.717, 1.165) is 0 Å². The second-order valence-corrected chi connectivity index (χ2v) is 5.98. The first-order valence-corrected chi connectivity index (χ1v) is 7.19. The first-order chi connectivity index (χ1) is 8.30. The van der Waals surface area contributed by atoms with Crippen molar-refractivity contribution in [2.45, 2.75) is 12.5 Å². The molecule has 0 fully saturated rings. The van der Waals surface area contributed by atoms with Crippen LogP contribution < -0.4 is 10.3 Å². The highest BCUT2D eigenvalue weighted by atomic mass is 35.5. The molecule has 6 nitrogen and oxygen atoms in total. The predicted molar refractivity (Wildman–Crippen MR) is 67.0 cm³/mol. The van der Waals surface area contributed by atoms with Gasteiger partial charge in [-0.3, -0.25) is 4.79 Å². The minimum Gasteiger partial charge on any atom is -0.480 e. The molecule has 1 aromatic carbocycles. The standard InChI is InChI=1S/C10H13ClNO5P/c11-7-1-3-8(4-2-7)17-18(15,16)6-5-9(12)10(13)14/h1-4,9H,5-6,12H2,(H,13,14)(H,15,16). The highest BCUT2D eigenvalue weighted by Gasteiger charge is 2.24. The molecule has 18 heavy (non-hydrogen) atoms. The van der Waals surface area contributed by atoms with Gasteiger partial charge in [0.25, 0.3) is 0 Å². The van der Waals surface area contributed by atoms with Crippen LogP contribution in [0.3, 0.4) is 0 Å². The Kier molecular flexibility index (Phi) is 5.16. The zero-order chi connectivity index (χ0) is 13.8. The Bertz CT molecular complexity index is 464. The Labute approximate surface area is 109 Å². The molecule has 4 N–H and O–H groups in total. The molecular weight excluding hydrogens is 281 g/mol. The summed E-state index contributed by atoms with van der Waals surface area (Å²) in [6.07, 6.45) is -0.472. The summed E-state index contributed by atoms with van der Waals surface area (Å²) in [6.45, 7) is 0. The topological polar surface area (TPSA) is 110 Å². The zero-order valence-corrected chi connectivity index (χ0v) is 11.0. The summed E-state index contributed by atoms with van der Waals surface area (Å²) in [4.78, 5) is 20.0. The van der Waals surface area contributed by atoms with Crippen molar-refractivity contribution in [1.82, 2.24) is 0 Å². The van der Waals surface area contributed by atoms with E-state index in [9.17, 15) is 14.3 Å². The van der Waals surface area contributed by atoms with E-state index in [2.05, 4.69) is 0 Å². The molecule has 2 unspecified atom stereocenters. The molecule has 100 valence electrons. The molecule has 0 saturated carbocycles. The number of carboxylic acid groups (broad SMARTS) is 1. The molecule has 0 heterocycles. The van der Waals surface area contributed by atoms with Crippen molar-refractivity contribution in [2.24, 2.45) is 5.73 Å². The van der Waals surface area contributed by atoms with Gasteiger partial charge >= 0.3 is 13.6 Å². The van der Waals surface area contributed by atoms with Gasteiger partial charge in [-0.2, -0.15) is 0 Å². The van der Waals surface area contributed by atoms with Crippen LogP contribution >= 0.6 is 19.2 Å². The Hall–Kier alpha value is -1.07. The maximum absolute atomic E-state index is 11.6. The van der Waals surface area contributed by atoms with E-state index in [1.807, 2.05) is 0 Å². The van der Waals surface area contributed by atoms with E-state index in [-0.39, 0.29) is 18.3 Å². The summed E-state index contributed by atoms with van der Waals surface area (Å²) >= 11 is 5.65. The van der Waals surface area contributed by atoms with Gasteiger partial charge < -0.3 is 20.3 Å². The van der Waals surface area contributed by atoms with Gasteiger partial charge in [-0.15, -0.1) is 0 Å². The average molecular weight is 294 g/mol. The van der Waals surface area contributed by atoms with Gasteiger partial charge in [-0.05, 0) is 30.7 Å². The van der Waals surface area contributed by atoms with Gasteiger partial charge in [0, 0.05) is 5.02 Å². The molecule has 1 aromatic rings. The van der Waals surface area contributed by atoms with Gasteiger partial charge in [-0.25, -0.2) is 4.57 Å². The van der Waals surface area contributed by atoms with E-state index in [1.165, 1.54) is 24.3 Å². The number of carbonyl (C=O) groups is 1. The van der Waals surface area contributed by atoms with Gasteiger partial charge in [0.05, 0.1) is 6.16 Å². The molecule has 8 heteroatoms. The van der Waals surface area contributed by atoms with E-state index < -0.39 is 19.6 Å². The van der Waals surface area contributed by atoms with Gasteiger partial charge in [0.2, 0.25) is 0 Å². The highest BCUT2D eigenvalue weighted by molar-refractivity contribution is 7.53. The summed E-state index contributed by atoms with van der Waals surface area (Å²) in [6, 6.07) is 4.74. The average Bonchev–Trinajstić information content (AvgIpc) is 2.29. The van der Waals surface area contributed by atoms with Crippen LogP contribution in [0, 0.1) is 0 Å². The largest absolute Gasteiger partial charge is 0.480 e. The van der Waals surface area contributed by atoms with Crippen molar-refractivity contribution in [3.8, 4) is 5.75 Å². The number of hydrogen-bond acceptors (Lipinski definition) is 4. The molecule has 0 aliphatic heterocycles. The quantitative estimate of drug-likeness (QED) is 0.689. The van der Waals surface area contributed by atoms with E-state index in [1.54, 1.807) is 0 Å². The number of carboxylic acids is 1. The van der Waals surface area contributed by atoms with Crippen LogP contribution in [0.1, 0.15) is 6.42 Å². The minimum atomic E-state index is -3.91. The normalized spacial score (nSPS) is 15.7. The maximum Gasteiger partial charge on any atom is 0.376 e. The Morgan fingerprint density at radius 3 is 2.50 bits per heavy atom. The molecule has 0 spiro atoms. The third-order valence-electron chi connectivity index (χ3n) is 2.10. The lowest BCUT2D eigenvalue weighted by atomic mass is 10.2. The fraction of sp³-hybridized carbons (Fsp3) is 0.300. The summed E-state index contributed by atoms with van der Waals surface area (Å²) in [5.41, 5.74) is 5.23. The predicted octanol–water partition coefficient (Wildman–Crippen LogP) is 1.71. The van der Waals surface area contributed by atoms with Crippen molar-refractivity contribution in [2.75, 3.05) is 6.16 Å². The number of nitrogens with two attached hydrogens (primary N) is 1. The SMILES string of the molecule is NC(CCP(=O)(O)Oc1ccc(Cl)cc1)C(=O)O. The summed E-state index contributed by atoms with van der Waals surface area (Å²) in [7, 11) is -3.91. The fourth-order valence-corrected chi connectivity index (χ4v) is 2.40. The van der Waals surface area contributed by atoms with Crippen LogP contribution in [0.5, 0.6) is 5.75 Å². The number of rotatable bonds is 6. The fourth-order valence-electron chi connectivity index (χ4n) is 1.13. The maximum atomic E-state index is 11.6. The lowest BCUT2D eigenvalue weighted by Crippen LogP contribution is -2.31. The summed E-state index contributed by atoms with van der Waals surface area (Å²) < 4.78 is 16.5. The van der Waals surface area contributed by atoms with E-state index in [4.69, 9.17) is 27.0 Å². The van der Waals surface area contributed by atoms with Crippen LogP contribution in [0.2, 0.25) is 5.02 Å². The molecule has 0 bridgehead atoms. The van der Waals surface area contributed by atoms with Gasteiger partial charge in [0.15, 0.2) is 0 Å². The molecule has 0 aliphatic rings. The second-order valence-electron chi connectivity index (χ2n) is 3.64. The first-order valence-electron chi connectivity index (χ1n) is 5.05. The molecule has 0 radical (unpaired) electrons. The monoisotopic (exact) mass is 293 g/mol. The lowest BCUT2D eigenvalue weighted by Gasteiger charge is -2.14. The minimum absolute atomic E-state index is 0.142. The first kappa shape index (κ1) is 15.0. The Morgan fingerprint density at radius 1 is 1.44 bits per heavy atom. The van der Waals surface area contributed by atoms with Crippen molar-refractivity contribution < 1.29 is 23.9 Å². The second kappa shape index (κ2) is 6.20. The van der Waals surface area contributed by atoms with Crippen LogP contribution in [0.25, 0.3) is 0 Å². The van der Waals surface area contributed by atoms with Crippen LogP contribution in [0.4, 0.5) is 0 Å². The highest BCUT2D eigenvalue weighted by Crippen LogP contribution is 2.43. The molecular formula is C10H13ClNO5P. The van der Waals surface area contributed by atoms with Crippen LogP contribution in [-0.4, -0.2) is 28.2 Å². The van der Waals surface area contributed by atoms with Crippen molar-refractivity contribution in [3.05, 3.63) is 29.3 Å². The van der Waals surface area contributed by atoms with Gasteiger partial charge in [-0.1, -0.05) is 11.6 Å². The van der Waals surface area contributed by atoms with Crippen molar-refractivity contribution in [1.29, 1.82) is 0 Å². The van der Waals surface area contributed by atoms with E-state index >= 15 is 0 Å². The molecule has 1 rings (SSSR count). The molecule has 0 saturated heterocycles. The summed E-state index contributed by atoms with van der Waals surface area (Å²) in [5.74, 6) is -1.03. The third kappa shape index (κ3) is 5.06. The molecule has 2 atom stereocenters. The molecule has 0 aliphatic carbocycles. The van der Waals surface area contributed by atoms with E-state index in [0.29, 0.717) is 5.02 Å². The smallest absolute Gasteiger partial charge is 0.376 e. The molecule has 0 aromatic heterocycles. The lowest BCUT2D eigenvalue weighted by molar-refractivity contribution is -0.138. The number of benzene rings is 1. The van der Waals surface area contributed by atoms with Crippen LogP contribution in [0.15, 0.2) is 24.3 Å². The number of halogens is 1. The van der Waals surface area contributed by atoms with Crippen LogP contribution in [-0.2, 0) is 9.36 Å². The van der Waals surface area contributed by atoms with Crippen molar-refractivity contribution in [3.63, 3.8) is 0 Å². The third-order valence-corrected chi connectivity index (χ3v) is 3.67. The zero-order valence-electron chi connectivity index (χ0n) is 9.32. The number of aliphatic carboxylic acids is 1. The van der Waals surface area contributed by atoms with Gasteiger partial charge in [0.1, 0.15) is 11.8 Å². The summed E-state index contributed by atoms with van der Waals surface area (Å²) in [5, 5.41) is 9.02.